The Morgan fingerprint density at radius 2 is 1.68 bits per heavy atom. The molecule has 0 bridgehead atoms. The molecule has 1 amide bonds. The molecule has 0 spiro atoms. The van der Waals surface area contributed by atoms with Crippen LogP contribution in [0.15, 0.2) is 47.4 Å². The van der Waals surface area contributed by atoms with E-state index in [9.17, 15) is 13.2 Å². The molecule has 0 saturated carbocycles. The van der Waals surface area contributed by atoms with Gasteiger partial charge < -0.3 is 4.90 Å². The third-order valence-corrected chi connectivity index (χ3v) is 5.63. The number of aryl methyl sites for hydroxylation is 2. The molecule has 0 aliphatic carbocycles. The van der Waals surface area contributed by atoms with Crippen LogP contribution in [-0.4, -0.2) is 33.3 Å². The lowest BCUT2D eigenvalue weighted by Gasteiger charge is -2.19. The summed E-state index contributed by atoms with van der Waals surface area (Å²) in [5.74, 6) is -0.203. The third kappa shape index (κ3) is 4.46. The van der Waals surface area contributed by atoms with E-state index in [1.54, 1.807) is 24.9 Å². The molecule has 5 nitrogen and oxygen atoms in total. The summed E-state index contributed by atoms with van der Waals surface area (Å²) in [4.78, 5) is 14.5. The Balaban J connectivity index is 2.25. The first-order valence-corrected chi connectivity index (χ1v) is 9.64. The van der Waals surface area contributed by atoms with Crippen LogP contribution in [0.1, 0.15) is 34.0 Å². The van der Waals surface area contributed by atoms with E-state index in [0.29, 0.717) is 12.1 Å². The summed E-state index contributed by atoms with van der Waals surface area (Å²) in [6, 6.07) is 12.7. The van der Waals surface area contributed by atoms with Crippen molar-refractivity contribution < 1.29 is 13.2 Å². The third-order valence-electron chi connectivity index (χ3n) is 4.22. The van der Waals surface area contributed by atoms with Gasteiger partial charge in [-0.1, -0.05) is 37.3 Å². The maximum absolute atomic E-state index is 12.8. The van der Waals surface area contributed by atoms with E-state index in [0.717, 1.165) is 17.5 Å². The van der Waals surface area contributed by atoms with Gasteiger partial charge in [-0.15, -0.1) is 0 Å². The van der Waals surface area contributed by atoms with Gasteiger partial charge in [-0.2, -0.15) is 0 Å². The van der Waals surface area contributed by atoms with E-state index in [-0.39, 0.29) is 10.8 Å². The van der Waals surface area contributed by atoms with Gasteiger partial charge in [-0.05, 0) is 49.2 Å². The lowest BCUT2D eigenvalue weighted by molar-refractivity contribution is 0.0784. The van der Waals surface area contributed by atoms with Crippen LogP contribution in [0.2, 0.25) is 0 Å². The molecule has 0 aliphatic heterocycles. The Morgan fingerprint density at radius 3 is 2.24 bits per heavy atom. The number of nitrogens with one attached hydrogen (secondary N) is 1. The largest absolute Gasteiger partial charge is 0.337 e. The number of carbonyl (C=O) groups excluding carboxylic acids is 1. The molecular weight excluding hydrogens is 336 g/mol. The molecule has 0 heterocycles. The fourth-order valence-corrected chi connectivity index (χ4v) is 3.30. The molecule has 2 aromatic rings. The van der Waals surface area contributed by atoms with E-state index in [1.165, 1.54) is 24.7 Å². The molecule has 0 radical (unpaired) electrons. The van der Waals surface area contributed by atoms with Crippen molar-refractivity contribution in [1.29, 1.82) is 0 Å². The minimum Gasteiger partial charge on any atom is -0.337 e. The van der Waals surface area contributed by atoms with Crippen molar-refractivity contribution in [2.75, 3.05) is 14.1 Å². The monoisotopic (exact) mass is 360 g/mol. The molecule has 6 heteroatoms. The van der Waals surface area contributed by atoms with E-state index in [1.807, 2.05) is 12.1 Å². The highest BCUT2D eigenvalue weighted by atomic mass is 32.2. The van der Waals surface area contributed by atoms with Crippen LogP contribution in [0, 0.1) is 6.92 Å². The zero-order chi connectivity index (χ0) is 18.6. The number of hydrogen-bond acceptors (Lipinski definition) is 3. The van der Waals surface area contributed by atoms with E-state index >= 15 is 0 Å². The first-order valence-electron chi connectivity index (χ1n) is 8.16. The van der Waals surface area contributed by atoms with Gasteiger partial charge in [-0.3, -0.25) is 4.79 Å². The van der Waals surface area contributed by atoms with E-state index in [2.05, 4.69) is 23.8 Å². The summed E-state index contributed by atoms with van der Waals surface area (Å²) in [5, 5.41) is 0. The minimum absolute atomic E-state index is 0.0876. The zero-order valence-corrected chi connectivity index (χ0v) is 15.9. The maximum Gasteiger partial charge on any atom is 0.254 e. The van der Waals surface area contributed by atoms with Gasteiger partial charge in [0.15, 0.2) is 0 Å². The second-order valence-corrected chi connectivity index (χ2v) is 7.90. The van der Waals surface area contributed by atoms with Crippen molar-refractivity contribution in [2.24, 2.45) is 0 Å². The number of benzene rings is 2. The first-order chi connectivity index (χ1) is 11.8. The highest BCUT2D eigenvalue weighted by Gasteiger charge is 2.19. The smallest absolute Gasteiger partial charge is 0.254 e. The summed E-state index contributed by atoms with van der Waals surface area (Å²) in [5.41, 5.74) is 3.42. The summed E-state index contributed by atoms with van der Waals surface area (Å²) in [6.07, 6.45) is 0.973. The normalized spacial score (nSPS) is 11.4. The lowest BCUT2D eigenvalue weighted by Crippen LogP contribution is -2.27. The SMILES string of the molecule is CCc1ccc(CN(C)C(=O)c2cc(S(=O)(=O)NC)ccc2C)cc1. The van der Waals surface area contributed by atoms with Gasteiger partial charge in [0.1, 0.15) is 0 Å². The van der Waals surface area contributed by atoms with Crippen LogP contribution in [0.25, 0.3) is 0 Å². The first kappa shape index (κ1) is 19.1. The van der Waals surface area contributed by atoms with Gasteiger partial charge in [-0.25, -0.2) is 13.1 Å². The molecule has 2 rings (SSSR count). The number of sulfonamides is 1. The molecule has 0 unspecified atom stereocenters. The fraction of sp³-hybridized carbons (Fsp3) is 0.316. The molecule has 0 saturated heterocycles. The Kier molecular flexibility index (Phi) is 5.98. The zero-order valence-electron chi connectivity index (χ0n) is 15.0. The fourth-order valence-electron chi connectivity index (χ4n) is 2.55. The molecule has 134 valence electrons. The summed E-state index contributed by atoms with van der Waals surface area (Å²) < 4.78 is 26.2. The Labute approximate surface area is 149 Å². The molecule has 0 fully saturated rings. The van der Waals surface area contributed by atoms with Crippen LogP contribution in [0.4, 0.5) is 0 Å². The summed E-state index contributed by atoms with van der Waals surface area (Å²) in [6.45, 7) is 4.36. The standard InChI is InChI=1S/C19H24N2O3S/c1-5-15-7-9-16(10-8-15)13-21(4)19(22)18-12-17(11-6-14(18)2)25(23,24)20-3/h6-12,20H,5,13H2,1-4H3. The topological polar surface area (TPSA) is 66.5 Å². The maximum atomic E-state index is 12.8. The lowest BCUT2D eigenvalue weighted by atomic mass is 10.1. The van der Waals surface area contributed by atoms with Gasteiger partial charge in [0, 0.05) is 19.2 Å². The highest BCUT2D eigenvalue weighted by molar-refractivity contribution is 7.89. The van der Waals surface area contributed by atoms with Crippen molar-refractivity contribution in [3.05, 3.63) is 64.7 Å². The van der Waals surface area contributed by atoms with E-state index < -0.39 is 10.0 Å². The highest BCUT2D eigenvalue weighted by Crippen LogP contribution is 2.18. The number of carbonyl (C=O) groups is 1. The molecule has 25 heavy (non-hydrogen) atoms. The van der Waals surface area contributed by atoms with Crippen molar-refractivity contribution in [3.63, 3.8) is 0 Å². The van der Waals surface area contributed by atoms with Gasteiger partial charge in [0.2, 0.25) is 10.0 Å². The van der Waals surface area contributed by atoms with Crippen LogP contribution < -0.4 is 4.72 Å². The van der Waals surface area contributed by atoms with Gasteiger partial charge in [0.25, 0.3) is 5.91 Å². The molecule has 0 aromatic heterocycles. The van der Waals surface area contributed by atoms with Gasteiger partial charge in [0.05, 0.1) is 4.90 Å². The second kappa shape index (κ2) is 7.80. The summed E-state index contributed by atoms with van der Waals surface area (Å²) >= 11 is 0. The quantitative estimate of drug-likeness (QED) is 0.861. The molecule has 2 aromatic carbocycles. The minimum atomic E-state index is -3.58. The number of nitrogens with zero attached hydrogens (tertiary/aromatic N) is 1. The van der Waals surface area contributed by atoms with Crippen LogP contribution >= 0.6 is 0 Å². The Morgan fingerprint density at radius 1 is 1.08 bits per heavy atom. The Bertz CT molecular complexity index is 859. The molecule has 0 aliphatic rings. The van der Waals surface area contributed by atoms with Crippen molar-refractivity contribution in [1.82, 2.24) is 9.62 Å². The van der Waals surface area contributed by atoms with Crippen LogP contribution in [0.5, 0.6) is 0 Å². The van der Waals surface area contributed by atoms with Crippen molar-refractivity contribution in [2.45, 2.75) is 31.7 Å². The average Bonchev–Trinajstić information content (AvgIpc) is 2.62. The predicted octanol–water partition coefficient (Wildman–Crippen LogP) is 2.74. The molecule has 0 atom stereocenters. The second-order valence-electron chi connectivity index (χ2n) is 6.02. The summed E-state index contributed by atoms with van der Waals surface area (Å²) in [7, 11) is -0.517. The van der Waals surface area contributed by atoms with Crippen molar-refractivity contribution >= 4 is 15.9 Å². The van der Waals surface area contributed by atoms with Crippen LogP contribution in [0.3, 0.4) is 0 Å². The predicted molar refractivity (Wildman–Crippen MR) is 99.0 cm³/mol. The Hall–Kier alpha value is -2.18. The number of amides is 1. The van der Waals surface area contributed by atoms with Crippen molar-refractivity contribution in [3.8, 4) is 0 Å². The van der Waals surface area contributed by atoms with Gasteiger partial charge >= 0.3 is 0 Å². The average molecular weight is 360 g/mol. The molecular formula is C19H24N2O3S. The number of rotatable bonds is 6. The van der Waals surface area contributed by atoms with E-state index in [4.69, 9.17) is 0 Å². The molecule has 1 N–H and O–H groups in total. The van der Waals surface area contributed by atoms with Crippen LogP contribution in [-0.2, 0) is 23.0 Å². The number of hydrogen-bond donors (Lipinski definition) is 1.